The summed E-state index contributed by atoms with van der Waals surface area (Å²) in [5, 5.41) is 11.5. The van der Waals surface area contributed by atoms with Crippen molar-refractivity contribution in [3.05, 3.63) is 36.2 Å². The zero-order chi connectivity index (χ0) is 15.5. The minimum absolute atomic E-state index is 0.622. The monoisotopic (exact) mass is 327 g/mol. The molecule has 2 aliphatic heterocycles. The quantitative estimate of drug-likeness (QED) is 0.685. The first kappa shape index (κ1) is 14.9. The molecule has 0 bridgehead atoms. The summed E-state index contributed by atoms with van der Waals surface area (Å²) in [6.07, 6.45) is 7.40. The van der Waals surface area contributed by atoms with Gasteiger partial charge in [-0.05, 0) is 37.1 Å². The van der Waals surface area contributed by atoms with Crippen LogP contribution in [0.1, 0.15) is 24.8 Å². The third-order valence-electron chi connectivity index (χ3n) is 4.30. The fourth-order valence-corrected chi connectivity index (χ4v) is 3.96. The van der Waals surface area contributed by atoms with Gasteiger partial charge in [0.2, 0.25) is 0 Å². The first-order valence-electron chi connectivity index (χ1n) is 8.21. The highest BCUT2D eigenvalue weighted by Gasteiger charge is 2.18. The summed E-state index contributed by atoms with van der Waals surface area (Å²) < 4.78 is 0. The largest absolute Gasteiger partial charge is 0.337 e. The lowest BCUT2D eigenvalue weighted by Crippen LogP contribution is -2.41. The maximum absolute atomic E-state index is 4.36. The highest BCUT2D eigenvalue weighted by atomic mass is 32.2. The zero-order valence-corrected chi connectivity index (χ0v) is 13.8. The molecule has 2 aliphatic rings. The molecule has 1 saturated heterocycles. The van der Waals surface area contributed by atoms with Crippen LogP contribution >= 0.6 is 11.8 Å². The SMILES string of the molecule is c1cnc2c(n1)Nc1cc(CNCC3CCCCN3)ccc1S2. The van der Waals surface area contributed by atoms with Crippen molar-refractivity contribution in [2.24, 2.45) is 0 Å². The number of hydrogen-bond donors (Lipinski definition) is 3. The Hall–Kier alpha value is -1.63. The maximum Gasteiger partial charge on any atom is 0.163 e. The molecular formula is C17H21N5S. The molecule has 1 aromatic heterocycles. The van der Waals surface area contributed by atoms with Crippen LogP contribution in [0.3, 0.4) is 0 Å². The third kappa shape index (κ3) is 3.49. The molecule has 3 heterocycles. The fraction of sp³-hybridized carbons (Fsp3) is 0.412. The number of benzene rings is 1. The number of rotatable bonds is 4. The van der Waals surface area contributed by atoms with Crippen LogP contribution in [0, 0.1) is 0 Å². The van der Waals surface area contributed by atoms with E-state index in [2.05, 4.69) is 44.1 Å². The highest BCUT2D eigenvalue weighted by molar-refractivity contribution is 7.99. The van der Waals surface area contributed by atoms with E-state index in [1.54, 1.807) is 24.2 Å². The van der Waals surface area contributed by atoms with Gasteiger partial charge >= 0.3 is 0 Å². The minimum Gasteiger partial charge on any atom is -0.337 e. The molecule has 2 aromatic rings. The Kier molecular flexibility index (Phi) is 4.46. The smallest absolute Gasteiger partial charge is 0.163 e. The molecule has 1 unspecified atom stereocenters. The van der Waals surface area contributed by atoms with Crippen molar-refractivity contribution in [3.8, 4) is 0 Å². The predicted molar refractivity (Wildman–Crippen MR) is 93.2 cm³/mol. The van der Waals surface area contributed by atoms with E-state index in [4.69, 9.17) is 0 Å². The summed E-state index contributed by atoms with van der Waals surface area (Å²) in [5.74, 6) is 0.849. The van der Waals surface area contributed by atoms with Crippen LogP contribution in [0.2, 0.25) is 0 Å². The third-order valence-corrected chi connectivity index (χ3v) is 5.37. The van der Waals surface area contributed by atoms with Gasteiger partial charge in [0.1, 0.15) is 5.03 Å². The molecule has 6 heteroatoms. The van der Waals surface area contributed by atoms with E-state index in [1.165, 1.54) is 29.7 Å². The molecule has 23 heavy (non-hydrogen) atoms. The summed E-state index contributed by atoms with van der Waals surface area (Å²) in [6.45, 7) is 3.09. The van der Waals surface area contributed by atoms with Gasteiger partial charge in [-0.25, -0.2) is 9.97 Å². The second-order valence-corrected chi connectivity index (χ2v) is 7.08. The second kappa shape index (κ2) is 6.86. The molecule has 120 valence electrons. The van der Waals surface area contributed by atoms with E-state index < -0.39 is 0 Å². The van der Waals surface area contributed by atoms with Crippen molar-refractivity contribution in [1.82, 2.24) is 20.6 Å². The number of anilines is 2. The average Bonchev–Trinajstić information content (AvgIpc) is 2.61. The lowest BCUT2D eigenvalue weighted by atomic mass is 10.1. The first-order valence-corrected chi connectivity index (χ1v) is 9.03. The van der Waals surface area contributed by atoms with E-state index in [-0.39, 0.29) is 0 Å². The van der Waals surface area contributed by atoms with Crippen molar-refractivity contribution in [2.75, 3.05) is 18.4 Å². The normalized spacial score (nSPS) is 19.6. The number of nitrogens with one attached hydrogen (secondary N) is 3. The molecule has 1 fully saturated rings. The summed E-state index contributed by atoms with van der Waals surface area (Å²) in [7, 11) is 0. The van der Waals surface area contributed by atoms with Crippen LogP contribution in [0.4, 0.5) is 11.5 Å². The molecule has 0 aliphatic carbocycles. The molecule has 1 aromatic carbocycles. The van der Waals surface area contributed by atoms with Gasteiger partial charge in [0.25, 0.3) is 0 Å². The first-order chi connectivity index (χ1) is 11.4. The lowest BCUT2D eigenvalue weighted by Gasteiger charge is -2.24. The molecule has 0 saturated carbocycles. The van der Waals surface area contributed by atoms with Crippen LogP contribution in [-0.2, 0) is 6.54 Å². The Bertz CT molecular complexity index is 684. The lowest BCUT2D eigenvalue weighted by molar-refractivity contribution is 0.383. The van der Waals surface area contributed by atoms with Crippen molar-refractivity contribution in [2.45, 2.75) is 41.8 Å². The van der Waals surface area contributed by atoms with Crippen LogP contribution in [-0.4, -0.2) is 29.1 Å². The van der Waals surface area contributed by atoms with Gasteiger partial charge in [-0.15, -0.1) is 0 Å². The van der Waals surface area contributed by atoms with E-state index in [0.29, 0.717) is 6.04 Å². The molecule has 0 amide bonds. The van der Waals surface area contributed by atoms with Crippen LogP contribution in [0.15, 0.2) is 40.5 Å². The summed E-state index contributed by atoms with van der Waals surface area (Å²) in [5.41, 5.74) is 2.41. The maximum atomic E-state index is 4.36. The van der Waals surface area contributed by atoms with Crippen LogP contribution in [0.25, 0.3) is 0 Å². The zero-order valence-electron chi connectivity index (χ0n) is 13.0. The molecule has 4 rings (SSSR count). The van der Waals surface area contributed by atoms with Crippen molar-refractivity contribution >= 4 is 23.3 Å². The predicted octanol–water partition coefficient (Wildman–Crippen LogP) is 2.92. The standard InChI is InChI=1S/C17H21N5S/c1-2-6-19-13(3-1)11-18-10-12-4-5-15-14(9-12)22-16-17(23-15)21-8-7-20-16/h4-5,7-9,13,18-19H,1-3,6,10-11H2,(H,20,22). The van der Waals surface area contributed by atoms with Gasteiger partial charge in [-0.1, -0.05) is 24.2 Å². The Labute approximate surface area is 140 Å². The van der Waals surface area contributed by atoms with Gasteiger partial charge < -0.3 is 16.0 Å². The Morgan fingerprint density at radius 3 is 3.09 bits per heavy atom. The Balaban J connectivity index is 1.38. The number of fused-ring (bicyclic) bond motifs is 2. The fourth-order valence-electron chi connectivity index (χ4n) is 3.08. The van der Waals surface area contributed by atoms with Crippen molar-refractivity contribution in [1.29, 1.82) is 0 Å². The van der Waals surface area contributed by atoms with E-state index in [9.17, 15) is 0 Å². The number of nitrogens with zero attached hydrogens (tertiary/aromatic N) is 2. The summed E-state index contributed by atoms with van der Waals surface area (Å²) in [6, 6.07) is 7.19. The topological polar surface area (TPSA) is 61.9 Å². The van der Waals surface area contributed by atoms with Gasteiger partial charge in [0.15, 0.2) is 5.82 Å². The minimum atomic E-state index is 0.622. The van der Waals surface area contributed by atoms with Gasteiger partial charge in [-0.3, -0.25) is 0 Å². The van der Waals surface area contributed by atoms with E-state index in [0.717, 1.165) is 36.2 Å². The number of aromatic nitrogens is 2. The molecule has 5 nitrogen and oxygen atoms in total. The highest BCUT2D eigenvalue weighted by Crippen LogP contribution is 2.41. The molecular weight excluding hydrogens is 306 g/mol. The van der Waals surface area contributed by atoms with Gasteiger partial charge in [-0.2, -0.15) is 0 Å². The number of piperidine rings is 1. The Morgan fingerprint density at radius 2 is 2.17 bits per heavy atom. The average molecular weight is 327 g/mol. The molecule has 0 radical (unpaired) electrons. The van der Waals surface area contributed by atoms with Crippen LogP contribution in [0.5, 0.6) is 0 Å². The molecule has 3 N–H and O–H groups in total. The van der Waals surface area contributed by atoms with E-state index >= 15 is 0 Å². The van der Waals surface area contributed by atoms with Crippen LogP contribution < -0.4 is 16.0 Å². The molecule has 1 atom stereocenters. The van der Waals surface area contributed by atoms with E-state index in [1.807, 2.05) is 0 Å². The number of hydrogen-bond acceptors (Lipinski definition) is 6. The second-order valence-electron chi connectivity index (χ2n) is 6.05. The van der Waals surface area contributed by atoms with Crippen molar-refractivity contribution < 1.29 is 0 Å². The summed E-state index contributed by atoms with van der Waals surface area (Å²) >= 11 is 1.67. The van der Waals surface area contributed by atoms with Crippen molar-refractivity contribution in [3.63, 3.8) is 0 Å². The summed E-state index contributed by atoms with van der Waals surface area (Å²) in [4.78, 5) is 9.92. The molecule has 0 spiro atoms. The Morgan fingerprint density at radius 1 is 1.22 bits per heavy atom. The van der Waals surface area contributed by atoms with Gasteiger partial charge in [0, 0.05) is 36.4 Å². The van der Waals surface area contributed by atoms with Gasteiger partial charge in [0.05, 0.1) is 5.69 Å².